The van der Waals surface area contributed by atoms with Crippen molar-refractivity contribution in [3.8, 4) is 5.75 Å². The highest BCUT2D eigenvalue weighted by Gasteiger charge is 2.27. The fourth-order valence-corrected chi connectivity index (χ4v) is 3.29. The predicted octanol–water partition coefficient (Wildman–Crippen LogP) is 3.73. The van der Waals surface area contributed by atoms with Crippen molar-refractivity contribution in [2.45, 2.75) is 33.7 Å². The molecule has 0 aliphatic heterocycles. The molecule has 0 saturated heterocycles. The molecule has 10 heteroatoms. The first-order valence-electron chi connectivity index (χ1n) is 10.1. The number of carbonyl (C=O) groups is 2. The van der Waals surface area contributed by atoms with Crippen molar-refractivity contribution in [1.82, 2.24) is 15.2 Å². The molecule has 0 radical (unpaired) electrons. The van der Waals surface area contributed by atoms with E-state index in [-0.39, 0.29) is 17.1 Å². The third kappa shape index (κ3) is 5.12. The van der Waals surface area contributed by atoms with Crippen LogP contribution in [0.1, 0.15) is 47.2 Å². The Kier molecular flexibility index (Phi) is 6.97. The van der Waals surface area contributed by atoms with Gasteiger partial charge in [-0.05, 0) is 52.0 Å². The number of aromatic nitrogens is 2. The van der Waals surface area contributed by atoms with Gasteiger partial charge in [0.1, 0.15) is 23.2 Å². The van der Waals surface area contributed by atoms with Crippen LogP contribution in [0.15, 0.2) is 59.7 Å². The molecular weight excluding hydrogens is 426 g/mol. The molecule has 10 nitrogen and oxygen atoms in total. The van der Waals surface area contributed by atoms with E-state index in [1.165, 1.54) is 18.5 Å². The number of esters is 1. The highest BCUT2D eigenvalue weighted by molar-refractivity contribution is 6.03. The lowest BCUT2D eigenvalue weighted by atomic mass is 10.1. The Morgan fingerprint density at radius 3 is 2.39 bits per heavy atom. The summed E-state index contributed by atoms with van der Waals surface area (Å²) < 4.78 is 6.81. The molecule has 1 amide bonds. The Hall–Kier alpha value is -4.34. The maximum absolute atomic E-state index is 12.6. The zero-order chi connectivity index (χ0) is 24.1. The van der Waals surface area contributed by atoms with Gasteiger partial charge in [-0.15, -0.1) is 0 Å². The molecule has 2 aromatic carbocycles. The molecule has 1 atom stereocenters. The third-order valence-corrected chi connectivity index (χ3v) is 5.04. The Balaban J connectivity index is 1.76. The van der Waals surface area contributed by atoms with Gasteiger partial charge in [0.25, 0.3) is 5.91 Å². The van der Waals surface area contributed by atoms with Crippen LogP contribution in [0, 0.1) is 24.0 Å². The van der Waals surface area contributed by atoms with Crippen LogP contribution >= 0.6 is 0 Å². The maximum Gasteiger partial charge on any atom is 0.343 e. The number of aryl methyl sites for hydroxylation is 1. The summed E-state index contributed by atoms with van der Waals surface area (Å²) in [6.07, 6.45) is 0. The minimum atomic E-state index is -0.833. The predicted molar refractivity (Wildman–Crippen MR) is 121 cm³/mol. The zero-order valence-electron chi connectivity index (χ0n) is 18.6. The van der Waals surface area contributed by atoms with E-state index in [0.717, 1.165) is 0 Å². The summed E-state index contributed by atoms with van der Waals surface area (Å²) in [7, 11) is 0. The second-order valence-corrected chi connectivity index (χ2v) is 7.32. The second kappa shape index (κ2) is 9.86. The van der Waals surface area contributed by atoms with E-state index in [9.17, 15) is 19.7 Å². The first-order valence-corrected chi connectivity index (χ1v) is 10.1. The Morgan fingerprint density at radius 2 is 1.76 bits per heavy atom. The monoisotopic (exact) mass is 449 g/mol. The Labute approximate surface area is 190 Å². The van der Waals surface area contributed by atoms with Gasteiger partial charge in [-0.3, -0.25) is 19.6 Å². The van der Waals surface area contributed by atoms with Crippen molar-refractivity contribution >= 4 is 23.3 Å². The van der Waals surface area contributed by atoms with Crippen LogP contribution in [0.2, 0.25) is 0 Å². The molecule has 1 heterocycles. The molecule has 0 bridgehead atoms. The highest BCUT2D eigenvalue weighted by Crippen LogP contribution is 2.25. The number of carbonyl (C=O) groups excluding carboxylic acids is 2. The average molecular weight is 449 g/mol. The van der Waals surface area contributed by atoms with Crippen molar-refractivity contribution in [2.75, 3.05) is 0 Å². The second-order valence-electron chi connectivity index (χ2n) is 7.32. The minimum absolute atomic E-state index is 0.122. The average Bonchev–Trinajstić information content (AvgIpc) is 3.11. The van der Waals surface area contributed by atoms with Crippen molar-refractivity contribution in [1.29, 1.82) is 0 Å². The number of amides is 1. The number of hydrogen-bond acceptors (Lipinski definition) is 7. The fourth-order valence-electron chi connectivity index (χ4n) is 3.29. The molecule has 1 N–H and O–H groups in total. The van der Waals surface area contributed by atoms with Gasteiger partial charge in [0.05, 0.1) is 16.2 Å². The summed E-state index contributed by atoms with van der Waals surface area (Å²) in [5, 5.41) is 19.5. The van der Waals surface area contributed by atoms with Gasteiger partial charge in [-0.1, -0.05) is 30.3 Å². The van der Waals surface area contributed by atoms with Gasteiger partial charge in [-0.2, -0.15) is 10.2 Å². The number of nitro groups is 1. The Morgan fingerprint density at radius 1 is 1.12 bits per heavy atom. The van der Waals surface area contributed by atoms with Crippen molar-refractivity contribution < 1.29 is 19.2 Å². The molecule has 0 aliphatic carbocycles. The summed E-state index contributed by atoms with van der Waals surface area (Å²) in [6.45, 7) is 6.28. The maximum atomic E-state index is 12.6. The molecule has 3 rings (SSSR count). The number of hydrogen-bond donors (Lipinski definition) is 1. The molecule has 33 heavy (non-hydrogen) atoms. The molecule has 0 saturated carbocycles. The van der Waals surface area contributed by atoms with E-state index in [0.29, 0.717) is 22.6 Å². The van der Waals surface area contributed by atoms with Crippen molar-refractivity contribution in [3.05, 3.63) is 87.2 Å². The molecule has 0 aliphatic rings. The molecule has 1 unspecified atom stereocenters. The van der Waals surface area contributed by atoms with Gasteiger partial charge < -0.3 is 4.74 Å². The van der Waals surface area contributed by atoms with E-state index in [4.69, 9.17) is 4.74 Å². The number of benzene rings is 2. The number of hydrazone groups is 1. The summed E-state index contributed by atoms with van der Waals surface area (Å²) >= 11 is 0. The van der Waals surface area contributed by atoms with E-state index in [1.54, 1.807) is 68.4 Å². The van der Waals surface area contributed by atoms with Crippen LogP contribution in [0.25, 0.3) is 0 Å². The van der Waals surface area contributed by atoms with Crippen LogP contribution in [0.3, 0.4) is 0 Å². The molecule has 1 aromatic heterocycles. The smallest absolute Gasteiger partial charge is 0.343 e. The van der Waals surface area contributed by atoms with Gasteiger partial charge in [0.2, 0.25) is 0 Å². The van der Waals surface area contributed by atoms with Gasteiger partial charge in [0, 0.05) is 5.56 Å². The first kappa shape index (κ1) is 23.3. The first-order chi connectivity index (χ1) is 15.7. The van der Waals surface area contributed by atoms with Gasteiger partial charge in [-0.25, -0.2) is 10.2 Å². The third-order valence-electron chi connectivity index (χ3n) is 5.04. The zero-order valence-corrected chi connectivity index (χ0v) is 18.6. The topological polar surface area (TPSA) is 129 Å². The SMILES string of the molecule is C/C(=N\NC(=O)C(C)n1nc(C)c([N+](=O)[O-])c1C)c1ccccc1OC(=O)c1ccccc1. The normalized spacial score (nSPS) is 12.2. The fraction of sp³-hybridized carbons (Fsp3) is 0.217. The standard InChI is InChI=1S/C23H23N5O5/c1-14(19-12-8-9-13-20(19)33-23(30)18-10-6-5-7-11-18)24-25-22(29)17(4)27-16(3)21(28(31)32)15(2)26-27/h5-13,17H,1-4H3,(H,25,29)/b24-14+. The van der Waals surface area contributed by atoms with E-state index in [1.807, 2.05) is 0 Å². The molecule has 3 aromatic rings. The van der Waals surface area contributed by atoms with Crippen LogP contribution < -0.4 is 10.2 Å². The van der Waals surface area contributed by atoms with E-state index < -0.39 is 22.8 Å². The summed E-state index contributed by atoms with van der Waals surface area (Å²) in [5.74, 6) is -0.725. The lowest BCUT2D eigenvalue weighted by molar-refractivity contribution is -0.386. The molecule has 0 spiro atoms. The van der Waals surface area contributed by atoms with Crippen LogP contribution in [-0.2, 0) is 4.79 Å². The van der Waals surface area contributed by atoms with Gasteiger partial charge in [0.15, 0.2) is 0 Å². The largest absolute Gasteiger partial charge is 0.422 e. The summed E-state index contributed by atoms with van der Waals surface area (Å²) in [5.41, 5.74) is 4.18. The number of para-hydroxylation sites is 1. The summed E-state index contributed by atoms with van der Waals surface area (Å²) in [4.78, 5) is 35.8. The van der Waals surface area contributed by atoms with Crippen LogP contribution in [0.4, 0.5) is 5.69 Å². The quantitative estimate of drug-likeness (QED) is 0.192. The summed E-state index contributed by atoms with van der Waals surface area (Å²) in [6, 6.07) is 14.6. The van der Waals surface area contributed by atoms with Crippen molar-refractivity contribution in [2.24, 2.45) is 5.10 Å². The molecular formula is C23H23N5O5. The van der Waals surface area contributed by atoms with Gasteiger partial charge >= 0.3 is 11.7 Å². The Bertz CT molecular complexity index is 1230. The minimum Gasteiger partial charge on any atom is -0.422 e. The number of nitrogens with zero attached hydrogens (tertiary/aromatic N) is 4. The van der Waals surface area contributed by atoms with Crippen molar-refractivity contribution in [3.63, 3.8) is 0 Å². The van der Waals surface area contributed by atoms with E-state index in [2.05, 4.69) is 15.6 Å². The number of rotatable bonds is 7. The lowest BCUT2D eigenvalue weighted by Gasteiger charge is -2.13. The number of ether oxygens (including phenoxy) is 1. The lowest BCUT2D eigenvalue weighted by Crippen LogP contribution is -2.29. The molecule has 170 valence electrons. The van der Waals surface area contributed by atoms with E-state index >= 15 is 0 Å². The molecule has 0 fully saturated rings. The number of nitrogens with one attached hydrogen (secondary N) is 1. The van der Waals surface area contributed by atoms with Crippen LogP contribution in [0.5, 0.6) is 5.75 Å². The highest BCUT2D eigenvalue weighted by atomic mass is 16.6. The van der Waals surface area contributed by atoms with Crippen LogP contribution in [-0.4, -0.2) is 32.3 Å².